The lowest BCUT2D eigenvalue weighted by molar-refractivity contribution is -0.137. The normalized spacial score (nSPS) is 29.1. The molecule has 2 heterocycles. The Morgan fingerprint density at radius 1 is 1.06 bits per heavy atom. The SMILES string of the molecule is O=C(N[C@@H]1CC[C@H]2CN(Cc3ccc(C(F)(F)F)cc3)C[C@H]21)C1CCCCN1C(=O)O. The number of halogens is 3. The third-order valence-corrected chi connectivity index (χ3v) is 7.00. The van der Waals surface area contributed by atoms with E-state index in [1.807, 2.05) is 0 Å². The Morgan fingerprint density at radius 2 is 1.81 bits per heavy atom. The predicted octanol–water partition coefficient (Wildman–Crippen LogP) is 3.56. The lowest BCUT2D eigenvalue weighted by Crippen LogP contribution is -2.54. The highest BCUT2D eigenvalue weighted by Gasteiger charge is 2.44. The van der Waals surface area contributed by atoms with E-state index in [0.717, 1.165) is 56.5 Å². The Kier molecular flexibility index (Phi) is 6.14. The van der Waals surface area contributed by atoms with Gasteiger partial charge < -0.3 is 10.4 Å². The first-order valence-corrected chi connectivity index (χ1v) is 10.9. The summed E-state index contributed by atoms with van der Waals surface area (Å²) in [4.78, 5) is 27.8. The minimum absolute atomic E-state index is 0.0210. The van der Waals surface area contributed by atoms with Crippen LogP contribution in [0.25, 0.3) is 0 Å². The van der Waals surface area contributed by atoms with Crippen LogP contribution in [0.2, 0.25) is 0 Å². The number of amides is 2. The molecule has 0 bridgehead atoms. The van der Waals surface area contributed by atoms with Gasteiger partial charge in [0, 0.05) is 32.2 Å². The van der Waals surface area contributed by atoms with Crippen LogP contribution in [0.15, 0.2) is 24.3 Å². The first-order valence-electron chi connectivity index (χ1n) is 10.9. The molecule has 0 aromatic heterocycles. The van der Waals surface area contributed by atoms with E-state index in [0.29, 0.717) is 31.3 Å². The first kappa shape index (κ1) is 21.9. The van der Waals surface area contributed by atoms with E-state index >= 15 is 0 Å². The largest absolute Gasteiger partial charge is 0.465 e. The summed E-state index contributed by atoms with van der Waals surface area (Å²) < 4.78 is 38.3. The van der Waals surface area contributed by atoms with Gasteiger partial charge in [-0.1, -0.05) is 12.1 Å². The summed E-state index contributed by atoms with van der Waals surface area (Å²) in [7, 11) is 0. The summed E-state index contributed by atoms with van der Waals surface area (Å²) in [6.45, 7) is 2.62. The van der Waals surface area contributed by atoms with Crippen LogP contribution >= 0.6 is 0 Å². The number of likely N-dealkylation sites (tertiary alicyclic amines) is 2. The van der Waals surface area contributed by atoms with Crippen molar-refractivity contribution in [1.29, 1.82) is 0 Å². The van der Waals surface area contributed by atoms with E-state index < -0.39 is 23.9 Å². The van der Waals surface area contributed by atoms with E-state index in [-0.39, 0.29) is 11.9 Å². The molecular weight excluding hydrogens is 411 g/mol. The van der Waals surface area contributed by atoms with E-state index in [1.54, 1.807) is 0 Å². The van der Waals surface area contributed by atoms with Crippen LogP contribution in [0.4, 0.5) is 18.0 Å². The van der Waals surface area contributed by atoms with Crippen molar-refractivity contribution >= 4 is 12.0 Å². The van der Waals surface area contributed by atoms with Gasteiger partial charge in [0.15, 0.2) is 0 Å². The van der Waals surface area contributed by atoms with Crippen molar-refractivity contribution in [3.05, 3.63) is 35.4 Å². The lowest BCUT2D eigenvalue weighted by atomic mass is 9.96. The Morgan fingerprint density at radius 3 is 2.48 bits per heavy atom. The molecule has 2 N–H and O–H groups in total. The van der Waals surface area contributed by atoms with Crippen LogP contribution < -0.4 is 5.32 Å². The minimum Gasteiger partial charge on any atom is -0.465 e. The van der Waals surface area contributed by atoms with Crippen LogP contribution in [-0.2, 0) is 17.5 Å². The Hall–Kier alpha value is -2.29. The number of carbonyl (C=O) groups is 2. The number of piperidine rings is 1. The maximum Gasteiger partial charge on any atom is 0.416 e. The van der Waals surface area contributed by atoms with Gasteiger partial charge in [0.25, 0.3) is 0 Å². The summed E-state index contributed by atoms with van der Waals surface area (Å²) in [5.74, 6) is 0.538. The quantitative estimate of drug-likeness (QED) is 0.753. The molecule has 2 aliphatic heterocycles. The second-order valence-electron chi connectivity index (χ2n) is 8.99. The molecule has 4 rings (SSSR count). The molecule has 4 atom stereocenters. The molecule has 3 fully saturated rings. The summed E-state index contributed by atoms with van der Waals surface area (Å²) in [6, 6.07) is 4.70. The monoisotopic (exact) mass is 439 g/mol. The Labute approximate surface area is 179 Å². The maximum atomic E-state index is 12.8. The zero-order valence-electron chi connectivity index (χ0n) is 17.3. The van der Waals surface area contributed by atoms with Crippen LogP contribution in [0.5, 0.6) is 0 Å². The van der Waals surface area contributed by atoms with Crippen molar-refractivity contribution < 1.29 is 27.9 Å². The standard InChI is InChI=1S/C22H28F3N3O3/c23-22(24,25)16-7-4-14(5-8-16)11-27-12-15-6-9-18(17(15)13-27)26-20(29)19-3-1-2-10-28(19)21(30)31/h4-5,7-8,15,17-19H,1-3,6,9-13H2,(H,26,29)(H,30,31)/t15-,17+,18+,19?/m0/s1. The molecule has 0 spiro atoms. The molecule has 31 heavy (non-hydrogen) atoms. The van der Waals surface area contributed by atoms with E-state index in [1.165, 1.54) is 17.0 Å². The number of nitrogens with zero attached hydrogens (tertiary/aromatic N) is 2. The molecule has 3 aliphatic rings. The van der Waals surface area contributed by atoms with Gasteiger partial charge in [-0.25, -0.2) is 4.79 Å². The van der Waals surface area contributed by atoms with E-state index in [9.17, 15) is 27.9 Å². The van der Waals surface area contributed by atoms with Gasteiger partial charge in [-0.3, -0.25) is 14.6 Å². The molecule has 9 heteroatoms. The fourth-order valence-corrected chi connectivity index (χ4v) is 5.44. The predicted molar refractivity (Wildman–Crippen MR) is 107 cm³/mol. The molecule has 170 valence electrons. The second-order valence-corrected chi connectivity index (χ2v) is 8.99. The highest BCUT2D eigenvalue weighted by Crippen LogP contribution is 2.39. The minimum atomic E-state index is -4.33. The molecule has 2 amide bonds. The van der Waals surface area contributed by atoms with Gasteiger partial charge in [-0.15, -0.1) is 0 Å². The summed E-state index contributed by atoms with van der Waals surface area (Å²) in [6.07, 6.45) is -1.32. The van der Waals surface area contributed by atoms with Crippen molar-refractivity contribution in [2.24, 2.45) is 11.8 Å². The van der Waals surface area contributed by atoms with Gasteiger partial charge in [-0.2, -0.15) is 13.2 Å². The van der Waals surface area contributed by atoms with Crippen LogP contribution in [0.3, 0.4) is 0 Å². The summed E-state index contributed by atoms with van der Waals surface area (Å²) in [5.41, 5.74) is 0.197. The third kappa shape index (κ3) is 4.81. The van der Waals surface area contributed by atoms with Crippen molar-refractivity contribution in [3.8, 4) is 0 Å². The Bertz CT molecular complexity index is 814. The second kappa shape index (κ2) is 8.68. The van der Waals surface area contributed by atoms with Gasteiger partial charge in [0.1, 0.15) is 6.04 Å². The number of rotatable bonds is 4. The highest BCUT2D eigenvalue weighted by atomic mass is 19.4. The molecule has 1 aromatic rings. The fourth-order valence-electron chi connectivity index (χ4n) is 5.44. The average molecular weight is 439 g/mol. The number of nitrogens with one attached hydrogen (secondary N) is 1. The number of fused-ring (bicyclic) bond motifs is 1. The van der Waals surface area contributed by atoms with Gasteiger partial charge in [0.2, 0.25) is 5.91 Å². The maximum absolute atomic E-state index is 12.8. The number of hydrogen-bond acceptors (Lipinski definition) is 3. The molecule has 1 saturated carbocycles. The lowest BCUT2D eigenvalue weighted by Gasteiger charge is -2.33. The van der Waals surface area contributed by atoms with Gasteiger partial charge in [0.05, 0.1) is 5.56 Å². The highest BCUT2D eigenvalue weighted by molar-refractivity contribution is 5.85. The van der Waals surface area contributed by atoms with E-state index in [2.05, 4.69) is 10.2 Å². The van der Waals surface area contributed by atoms with Crippen molar-refractivity contribution in [2.75, 3.05) is 19.6 Å². The average Bonchev–Trinajstić information content (AvgIpc) is 3.28. The molecule has 1 unspecified atom stereocenters. The van der Waals surface area contributed by atoms with Crippen LogP contribution in [0, 0.1) is 11.8 Å². The van der Waals surface area contributed by atoms with Crippen LogP contribution in [-0.4, -0.2) is 58.6 Å². The number of alkyl halides is 3. The molecule has 1 aliphatic carbocycles. The Balaban J connectivity index is 1.33. The number of benzene rings is 1. The molecule has 0 radical (unpaired) electrons. The van der Waals surface area contributed by atoms with Crippen molar-refractivity contribution in [1.82, 2.24) is 15.1 Å². The third-order valence-electron chi connectivity index (χ3n) is 7.00. The van der Waals surface area contributed by atoms with Gasteiger partial charge >= 0.3 is 12.3 Å². The number of carbonyl (C=O) groups excluding carboxylic acids is 1. The smallest absolute Gasteiger partial charge is 0.416 e. The van der Waals surface area contributed by atoms with E-state index in [4.69, 9.17) is 0 Å². The zero-order chi connectivity index (χ0) is 22.2. The number of hydrogen-bond donors (Lipinski definition) is 2. The number of carboxylic acid groups (broad SMARTS) is 1. The topological polar surface area (TPSA) is 72.9 Å². The molecular formula is C22H28F3N3O3. The van der Waals surface area contributed by atoms with Gasteiger partial charge in [-0.05, 0) is 61.6 Å². The molecule has 6 nitrogen and oxygen atoms in total. The molecule has 1 aromatic carbocycles. The first-order chi connectivity index (χ1) is 14.7. The zero-order valence-corrected chi connectivity index (χ0v) is 17.3. The van der Waals surface area contributed by atoms with Crippen molar-refractivity contribution in [2.45, 2.75) is 56.9 Å². The fraction of sp³-hybridized carbons (Fsp3) is 0.636. The van der Waals surface area contributed by atoms with Crippen LogP contribution in [0.1, 0.15) is 43.2 Å². The summed E-state index contributed by atoms with van der Waals surface area (Å²) >= 11 is 0. The van der Waals surface area contributed by atoms with Crippen molar-refractivity contribution in [3.63, 3.8) is 0 Å². The molecule has 2 saturated heterocycles. The summed E-state index contributed by atoms with van der Waals surface area (Å²) in [5, 5.41) is 12.5.